The summed E-state index contributed by atoms with van der Waals surface area (Å²) in [6.07, 6.45) is 7.96. The number of nitrogens with zero attached hydrogens (tertiary/aromatic N) is 2. The molecule has 1 aromatic rings. The Hall–Kier alpha value is -0.830. The fourth-order valence-electron chi connectivity index (χ4n) is 1.80. The normalized spacial score (nSPS) is 17.4. The first kappa shape index (κ1) is 9.71. The average molecular weight is 193 g/mol. The lowest BCUT2D eigenvalue weighted by Gasteiger charge is -2.26. The molecule has 2 rings (SSSR count). The topological polar surface area (TPSA) is 29.9 Å². The van der Waals surface area contributed by atoms with Gasteiger partial charge in [-0.3, -0.25) is 0 Å². The highest BCUT2D eigenvalue weighted by Gasteiger charge is 2.16. The van der Waals surface area contributed by atoms with Crippen molar-refractivity contribution in [1.29, 1.82) is 0 Å². The smallest absolute Gasteiger partial charge is 0.0951 e. The number of imidazole rings is 1. The van der Waals surface area contributed by atoms with E-state index in [1.807, 2.05) is 12.5 Å². The largest absolute Gasteiger partial charge is 0.331 e. The second-order valence-corrected chi connectivity index (χ2v) is 4.39. The molecule has 14 heavy (non-hydrogen) atoms. The SMILES string of the molecule is CC(C)n1cncc1CNC1CCC1. The van der Waals surface area contributed by atoms with Crippen molar-refractivity contribution in [2.45, 2.75) is 51.7 Å². The van der Waals surface area contributed by atoms with E-state index >= 15 is 0 Å². The molecule has 0 aliphatic heterocycles. The Morgan fingerprint density at radius 2 is 2.36 bits per heavy atom. The molecule has 3 heteroatoms. The lowest BCUT2D eigenvalue weighted by molar-refractivity contribution is 0.334. The zero-order valence-electron chi connectivity index (χ0n) is 9.03. The molecular weight excluding hydrogens is 174 g/mol. The van der Waals surface area contributed by atoms with E-state index in [1.54, 1.807) is 0 Å². The molecule has 0 radical (unpaired) electrons. The molecule has 3 nitrogen and oxygen atoms in total. The van der Waals surface area contributed by atoms with Crippen LogP contribution in [0.25, 0.3) is 0 Å². The minimum atomic E-state index is 0.510. The van der Waals surface area contributed by atoms with Crippen molar-refractivity contribution in [1.82, 2.24) is 14.9 Å². The lowest BCUT2D eigenvalue weighted by Crippen LogP contribution is -2.35. The maximum absolute atomic E-state index is 4.19. The van der Waals surface area contributed by atoms with Crippen molar-refractivity contribution >= 4 is 0 Å². The number of aromatic nitrogens is 2. The Balaban J connectivity index is 1.90. The average Bonchev–Trinajstić information content (AvgIpc) is 2.49. The van der Waals surface area contributed by atoms with Gasteiger partial charge in [-0.1, -0.05) is 6.42 Å². The Morgan fingerprint density at radius 3 is 2.93 bits per heavy atom. The summed E-state index contributed by atoms with van der Waals surface area (Å²) in [6.45, 7) is 5.34. The van der Waals surface area contributed by atoms with Gasteiger partial charge in [0.2, 0.25) is 0 Å². The first-order valence-electron chi connectivity index (χ1n) is 5.51. The summed E-state index contributed by atoms with van der Waals surface area (Å²) in [4.78, 5) is 4.19. The van der Waals surface area contributed by atoms with Crippen LogP contribution in [0, 0.1) is 0 Å². The molecule has 0 unspecified atom stereocenters. The van der Waals surface area contributed by atoms with E-state index in [1.165, 1.54) is 25.0 Å². The molecule has 0 spiro atoms. The first-order valence-corrected chi connectivity index (χ1v) is 5.51. The van der Waals surface area contributed by atoms with Crippen LogP contribution in [0.3, 0.4) is 0 Å². The quantitative estimate of drug-likeness (QED) is 0.793. The highest BCUT2D eigenvalue weighted by molar-refractivity contribution is 5.00. The molecule has 0 atom stereocenters. The van der Waals surface area contributed by atoms with Crippen LogP contribution in [0.15, 0.2) is 12.5 Å². The standard InChI is InChI=1S/C11H19N3/c1-9(2)14-8-12-6-11(14)7-13-10-4-3-5-10/h6,8-10,13H,3-5,7H2,1-2H3. The minimum Gasteiger partial charge on any atom is -0.331 e. The molecule has 1 N–H and O–H groups in total. The third kappa shape index (κ3) is 1.98. The number of nitrogens with one attached hydrogen (secondary N) is 1. The van der Waals surface area contributed by atoms with E-state index in [9.17, 15) is 0 Å². The highest BCUT2D eigenvalue weighted by atomic mass is 15.1. The van der Waals surface area contributed by atoms with Crippen molar-refractivity contribution in [2.75, 3.05) is 0 Å². The van der Waals surface area contributed by atoms with Crippen molar-refractivity contribution in [3.05, 3.63) is 18.2 Å². The predicted molar refractivity (Wildman–Crippen MR) is 57.1 cm³/mol. The second kappa shape index (κ2) is 4.13. The van der Waals surface area contributed by atoms with E-state index in [2.05, 4.69) is 28.7 Å². The summed E-state index contributed by atoms with van der Waals surface area (Å²) in [5.74, 6) is 0. The van der Waals surface area contributed by atoms with Crippen molar-refractivity contribution in [2.24, 2.45) is 0 Å². The van der Waals surface area contributed by atoms with E-state index in [0.717, 1.165) is 12.6 Å². The minimum absolute atomic E-state index is 0.510. The predicted octanol–water partition coefficient (Wildman–Crippen LogP) is 2.11. The third-order valence-electron chi connectivity index (χ3n) is 2.98. The van der Waals surface area contributed by atoms with Crippen LogP contribution < -0.4 is 5.32 Å². The van der Waals surface area contributed by atoms with Crippen molar-refractivity contribution in [3.8, 4) is 0 Å². The zero-order chi connectivity index (χ0) is 9.97. The van der Waals surface area contributed by atoms with Gasteiger partial charge in [0.15, 0.2) is 0 Å². The van der Waals surface area contributed by atoms with Crippen LogP contribution in [0.4, 0.5) is 0 Å². The molecule has 1 aromatic heterocycles. The van der Waals surface area contributed by atoms with Crippen LogP contribution in [0.5, 0.6) is 0 Å². The molecule has 1 aliphatic carbocycles. The van der Waals surface area contributed by atoms with Gasteiger partial charge >= 0.3 is 0 Å². The summed E-state index contributed by atoms with van der Waals surface area (Å²) < 4.78 is 2.23. The number of hydrogen-bond donors (Lipinski definition) is 1. The molecule has 1 aliphatic rings. The van der Waals surface area contributed by atoms with E-state index in [-0.39, 0.29) is 0 Å². The second-order valence-electron chi connectivity index (χ2n) is 4.39. The van der Waals surface area contributed by atoms with Gasteiger partial charge in [0.1, 0.15) is 0 Å². The van der Waals surface area contributed by atoms with Gasteiger partial charge in [0.25, 0.3) is 0 Å². The fraction of sp³-hybridized carbons (Fsp3) is 0.727. The van der Waals surface area contributed by atoms with E-state index < -0.39 is 0 Å². The molecule has 0 bridgehead atoms. The van der Waals surface area contributed by atoms with Crippen molar-refractivity contribution in [3.63, 3.8) is 0 Å². The molecule has 1 saturated carbocycles. The van der Waals surface area contributed by atoms with Crippen molar-refractivity contribution < 1.29 is 0 Å². The number of rotatable bonds is 4. The molecule has 0 saturated heterocycles. The Labute approximate surface area is 85.5 Å². The molecular formula is C11H19N3. The van der Waals surface area contributed by atoms with Gasteiger partial charge in [-0.25, -0.2) is 4.98 Å². The molecule has 1 heterocycles. The molecule has 78 valence electrons. The maximum atomic E-state index is 4.19. The Morgan fingerprint density at radius 1 is 1.57 bits per heavy atom. The summed E-state index contributed by atoms with van der Waals surface area (Å²) in [5.41, 5.74) is 1.30. The summed E-state index contributed by atoms with van der Waals surface area (Å²) in [5, 5.41) is 3.56. The molecule has 0 aromatic carbocycles. The Bertz CT molecular complexity index is 286. The van der Waals surface area contributed by atoms with Crippen LogP contribution >= 0.6 is 0 Å². The fourth-order valence-corrected chi connectivity index (χ4v) is 1.80. The molecule has 1 fully saturated rings. The maximum Gasteiger partial charge on any atom is 0.0951 e. The number of hydrogen-bond acceptors (Lipinski definition) is 2. The van der Waals surface area contributed by atoms with Gasteiger partial charge in [-0.2, -0.15) is 0 Å². The van der Waals surface area contributed by atoms with E-state index in [0.29, 0.717) is 6.04 Å². The zero-order valence-corrected chi connectivity index (χ0v) is 9.03. The van der Waals surface area contributed by atoms with Gasteiger partial charge in [-0.05, 0) is 26.7 Å². The summed E-state index contributed by atoms with van der Waals surface area (Å²) >= 11 is 0. The van der Waals surface area contributed by atoms with Gasteiger partial charge in [0, 0.05) is 24.8 Å². The molecule has 0 amide bonds. The van der Waals surface area contributed by atoms with Crippen LogP contribution in [-0.2, 0) is 6.54 Å². The van der Waals surface area contributed by atoms with Gasteiger partial charge < -0.3 is 9.88 Å². The monoisotopic (exact) mass is 193 g/mol. The summed E-state index contributed by atoms with van der Waals surface area (Å²) in [6, 6.07) is 1.27. The van der Waals surface area contributed by atoms with Crippen LogP contribution in [0.1, 0.15) is 44.8 Å². The van der Waals surface area contributed by atoms with Crippen LogP contribution in [-0.4, -0.2) is 15.6 Å². The lowest BCUT2D eigenvalue weighted by atomic mass is 9.93. The highest BCUT2D eigenvalue weighted by Crippen LogP contribution is 2.18. The summed E-state index contributed by atoms with van der Waals surface area (Å²) in [7, 11) is 0. The van der Waals surface area contributed by atoms with Gasteiger partial charge in [0.05, 0.1) is 12.0 Å². The third-order valence-corrected chi connectivity index (χ3v) is 2.98. The van der Waals surface area contributed by atoms with Crippen LogP contribution in [0.2, 0.25) is 0 Å². The van der Waals surface area contributed by atoms with Gasteiger partial charge in [-0.15, -0.1) is 0 Å². The first-order chi connectivity index (χ1) is 6.77. The van der Waals surface area contributed by atoms with E-state index in [4.69, 9.17) is 0 Å². The Kier molecular flexibility index (Phi) is 2.87.